The lowest BCUT2D eigenvalue weighted by Gasteiger charge is -2.14. The second-order valence-electron chi connectivity index (χ2n) is 6.01. The van der Waals surface area contributed by atoms with Crippen molar-refractivity contribution in [2.75, 3.05) is 0 Å². The zero-order valence-corrected chi connectivity index (χ0v) is 13.5. The number of aliphatic hydroxyl groups is 1. The third-order valence-corrected chi connectivity index (χ3v) is 4.64. The molecule has 0 bridgehead atoms. The number of nitrogens with zero attached hydrogens (tertiary/aromatic N) is 4. The van der Waals surface area contributed by atoms with E-state index in [1.807, 2.05) is 6.07 Å². The van der Waals surface area contributed by atoms with E-state index in [0.29, 0.717) is 29.4 Å². The molecule has 3 aromatic heterocycles. The molecule has 6 nitrogen and oxygen atoms in total. The largest absolute Gasteiger partial charge is 0.393 e. The maximum atomic E-state index is 12.9. The van der Waals surface area contributed by atoms with Crippen LogP contribution in [0.3, 0.4) is 0 Å². The summed E-state index contributed by atoms with van der Waals surface area (Å²) in [4.78, 5) is 25.8. The third-order valence-electron chi connectivity index (χ3n) is 4.44. The number of pyridine rings is 2. The molecule has 0 spiro atoms. The summed E-state index contributed by atoms with van der Waals surface area (Å²) in [6, 6.07) is 5.17. The molecular weight excluding hydrogens is 328 g/mol. The Morgan fingerprint density at radius 3 is 2.92 bits per heavy atom. The average molecular weight is 343 g/mol. The average Bonchev–Trinajstić information content (AvgIpc) is 3.02. The van der Waals surface area contributed by atoms with Gasteiger partial charge in [0.2, 0.25) is 0 Å². The Morgan fingerprint density at radius 1 is 1.33 bits per heavy atom. The van der Waals surface area contributed by atoms with Crippen molar-refractivity contribution in [3.05, 3.63) is 52.4 Å². The van der Waals surface area contributed by atoms with Gasteiger partial charge in [-0.25, -0.2) is 9.97 Å². The summed E-state index contributed by atoms with van der Waals surface area (Å²) in [6.07, 6.45) is 6.56. The summed E-state index contributed by atoms with van der Waals surface area (Å²) in [5, 5.41) is 10.4. The molecule has 0 radical (unpaired) electrons. The van der Waals surface area contributed by atoms with Crippen molar-refractivity contribution < 1.29 is 5.11 Å². The summed E-state index contributed by atoms with van der Waals surface area (Å²) in [7, 11) is 0. The van der Waals surface area contributed by atoms with Crippen LogP contribution in [-0.2, 0) is 0 Å². The van der Waals surface area contributed by atoms with Crippen LogP contribution in [0.1, 0.15) is 25.3 Å². The summed E-state index contributed by atoms with van der Waals surface area (Å²) in [6.45, 7) is 0. The predicted octanol–water partition coefficient (Wildman–Crippen LogP) is 2.59. The highest BCUT2D eigenvalue weighted by atomic mass is 35.5. The molecule has 1 aliphatic rings. The van der Waals surface area contributed by atoms with Gasteiger partial charge in [-0.05, 0) is 37.5 Å². The van der Waals surface area contributed by atoms with Gasteiger partial charge in [0.05, 0.1) is 17.8 Å². The molecule has 1 fully saturated rings. The van der Waals surface area contributed by atoms with Crippen LogP contribution in [0.5, 0.6) is 0 Å². The van der Waals surface area contributed by atoms with Gasteiger partial charge in [0.1, 0.15) is 16.4 Å². The summed E-state index contributed by atoms with van der Waals surface area (Å²) in [5.74, 6) is 0. The fourth-order valence-electron chi connectivity index (χ4n) is 3.26. The van der Waals surface area contributed by atoms with Gasteiger partial charge in [-0.1, -0.05) is 11.6 Å². The number of halogens is 1. The Bertz CT molecular complexity index is 958. The van der Waals surface area contributed by atoms with E-state index in [1.165, 1.54) is 0 Å². The number of fused-ring (bicyclic) bond motifs is 1. The number of hydrogen-bond acceptors (Lipinski definition) is 5. The summed E-state index contributed by atoms with van der Waals surface area (Å²) < 4.78 is 1.60. The van der Waals surface area contributed by atoms with Crippen LogP contribution in [0.4, 0.5) is 0 Å². The highest BCUT2D eigenvalue weighted by Gasteiger charge is 2.26. The number of aliphatic hydroxyl groups excluding tert-OH is 1. The molecule has 2 atom stereocenters. The van der Waals surface area contributed by atoms with E-state index in [2.05, 4.69) is 15.0 Å². The molecule has 1 N–H and O–H groups in total. The van der Waals surface area contributed by atoms with Gasteiger partial charge in [-0.15, -0.1) is 0 Å². The highest BCUT2D eigenvalue weighted by Crippen LogP contribution is 2.30. The van der Waals surface area contributed by atoms with Crippen molar-refractivity contribution in [1.82, 2.24) is 19.5 Å². The fraction of sp³-hybridized carbons (Fsp3) is 0.294. The number of hydrogen-bond donors (Lipinski definition) is 1. The fourth-order valence-corrected chi connectivity index (χ4v) is 3.46. The summed E-state index contributed by atoms with van der Waals surface area (Å²) in [5.41, 5.74) is 1.65. The minimum atomic E-state index is -0.357. The third kappa shape index (κ3) is 2.57. The van der Waals surface area contributed by atoms with Gasteiger partial charge >= 0.3 is 0 Å². The normalized spacial score (nSPS) is 20.6. The topological polar surface area (TPSA) is 80.9 Å². The minimum Gasteiger partial charge on any atom is -0.393 e. The lowest BCUT2D eigenvalue weighted by atomic mass is 10.1. The molecule has 1 aliphatic carbocycles. The zero-order valence-electron chi connectivity index (χ0n) is 12.8. The highest BCUT2D eigenvalue weighted by molar-refractivity contribution is 6.30. The van der Waals surface area contributed by atoms with E-state index in [-0.39, 0.29) is 22.9 Å². The molecule has 7 heteroatoms. The van der Waals surface area contributed by atoms with E-state index >= 15 is 0 Å². The van der Waals surface area contributed by atoms with Crippen molar-refractivity contribution in [2.45, 2.75) is 31.4 Å². The maximum absolute atomic E-state index is 12.9. The first-order valence-electron chi connectivity index (χ1n) is 7.79. The first-order chi connectivity index (χ1) is 11.6. The van der Waals surface area contributed by atoms with E-state index in [4.69, 9.17) is 11.6 Å². The molecular formula is C17H15ClN4O2. The Kier molecular flexibility index (Phi) is 3.78. The van der Waals surface area contributed by atoms with Gasteiger partial charge in [-0.3, -0.25) is 14.3 Å². The smallest absolute Gasteiger partial charge is 0.261 e. The molecule has 2 unspecified atom stereocenters. The monoisotopic (exact) mass is 342 g/mol. The molecule has 1 saturated carbocycles. The molecule has 24 heavy (non-hydrogen) atoms. The molecule has 0 saturated heterocycles. The lowest BCUT2D eigenvalue weighted by molar-refractivity contribution is 0.177. The first-order valence-corrected chi connectivity index (χ1v) is 8.17. The van der Waals surface area contributed by atoms with Gasteiger partial charge in [0, 0.05) is 24.0 Å². The van der Waals surface area contributed by atoms with Crippen LogP contribution in [0, 0.1) is 0 Å². The van der Waals surface area contributed by atoms with Gasteiger partial charge in [-0.2, -0.15) is 0 Å². The van der Waals surface area contributed by atoms with Crippen LogP contribution in [-0.4, -0.2) is 30.7 Å². The molecule has 3 heterocycles. The Hall–Kier alpha value is -2.31. The number of aromatic nitrogens is 4. The molecule has 0 aromatic carbocycles. The van der Waals surface area contributed by atoms with Crippen LogP contribution >= 0.6 is 11.6 Å². The SMILES string of the molecule is O=c1c2cc(Cl)nc(-c3cccnc3)c2ncn1C1CCC(O)C1. The van der Waals surface area contributed by atoms with Crippen molar-refractivity contribution in [3.8, 4) is 11.3 Å². The Morgan fingerprint density at radius 2 is 2.21 bits per heavy atom. The molecule has 4 rings (SSSR count). The molecule has 3 aromatic rings. The van der Waals surface area contributed by atoms with Crippen LogP contribution < -0.4 is 5.56 Å². The molecule has 0 amide bonds. The van der Waals surface area contributed by atoms with Crippen molar-refractivity contribution in [2.24, 2.45) is 0 Å². The second-order valence-corrected chi connectivity index (χ2v) is 6.40. The quantitative estimate of drug-likeness (QED) is 0.724. The zero-order chi connectivity index (χ0) is 16.7. The van der Waals surface area contributed by atoms with Crippen LogP contribution in [0.15, 0.2) is 41.7 Å². The maximum Gasteiger partial charge on any atom is 0.261 e. The van der Waals surface area contributed by atoms with Crippen LogP contribution in [0.25, 0.3) is 22.2 Å². The van der Waals surface area contributed by atoms with E-state index < -0.39 is 0 Å². The van der Waals surface area contributed by atoms with E-state index in [1.54, 1.807) is 35.4 Å². The van der Waals surface area contributed by atoms with Crippen molar-refractivity contribution in [1.29, 1.82) is 0 Å². The number of rotatable bonds is 2. The van der Waals surface area contributed by atoms with Gasteiger partial charge in [0.15, 0.2) is 0 Å². The Labute approximate surface area is 142 Å². The first kappa shape index (κ1) is 15.2. The molecule has 122 valence electrons. The Balaban J connectivity index is 1.92. The van der Waals surface area contributed by atoms with Gasteiger partial charge in [0.25, 0.3) is 5.56 Å². The van der Waals surface area contributed by atoms with Gasteiger partial charge < -0.3 is 5.11 Å². The van der Waals surface area contributed by atoms with E-state index in [0.717, 1.165) is 12.0 Å². The minimum absolute atomic E-state index is 0.0295. The lowest BCUT2D eigenvalue weighted by Crippen LogP contribution is -2.24. The van der Waals surface area contributed by atoms with Crippen LogP contribution in [0.2, 0.25) is 5.15 Å². The van der Waals surface area contributed by atoms with Crippen molar-refractivity contribution in [3.63, 3.8) is 0 Å². The molecule has 0 aliphatic heterocycles. The second kappa shape index (κ2) is 5.96. The summed E-state index contributed by atoms with van der Waals surface area (Å²) >= 11 is 6.13. The predicted molar refractivity (Wildman–Crippen MR) is 90.9 cm³/mol. The standard InChI is InChI=1S/C17H15ClN4O2/c18-14-7-13-16(15(21-14)10-2-1-5-19-8-10)20-9-22(17(13)24)11-3-4-12(23)6-11/h1-2,5,7-9,11-12,23H,3-4,6H2. The van der Waals surface area contributed by atoms with E-state index in [9.17, 15) is 9.90 Å². The van der Waals surface area contributed by atoms with Crippen molar-refractivity contribution >= 4 is 22.5 Å².